The number of hydrogen-bond donors (Lipinski definition) is 2. The Balaban J connectivity index is 1.67. The summed E-state index contributed by atoms with van der Waals surface area (Å²) in [6, 6.07) is 8.53. The second-order valence-corrected chi connectivity index (χ2v) is 8.14. The summed E-state index contributed by atoms with van der Waals surface area (Å²) in [7, 11) is 1.98. The monoisotopic (exact) mass is 432 g/mol. The number of halogens is 1. The van der Waals surface area contributed by atoms with Crippen molar-refractivity contribution < 1.29 is 0 Å². The molecule has 2 aromatic rings. The number of nitrogens with one attached hydrogen (secondary N) is 2. The number of unbranched alkanes of at least 4 members (excludes halogenated alkanes) is 1. The molecule has 1 fully saturated rings. The van der Waals surface area contributed by atoms with Crippen molar-refractivity contribution in [3.8, 4) is 0 Å². The number of benzene rings is 1. The van der Waals surface area contributed by atoms with E-state index in [9.17, 15) is 0 Å². The standard InChI is InChI=1S/C20H29BrN6/c1-4-5-12-22-19(23-13-18-26-25-15(2)27(18)3)24-14-20(10-11-20)16-8-6-7-9-17(16)21/h6-9H,4-5,10-14H2,1-3H3,(H2,22,23,24). The highest BCUT2D eigenvalue weighted by molar-refractivity contribution is 9.10. The zero-order chi connectivity index (χ0) is 19.3. The third-order valence-electron chi connectivity index (χ3n) is 5.28. The second kappa shape index (κ2) is 8.87. The molecule has 0 atom stereocenters. The Morgan fingerprint density at radius 3 is 2.67 bits per heavy atom. The van der Waals surface area contributed by atoms with Crippen molar-refractivity contribution in [1.82, 2.24) is 25.4 Å². The van der Waals surface area contributed by atoms with Gasteiger partial charge in [-0.15, -0.1) is 10.2 Å². The fraction of sp³-hybridized carbons (Fsp3) is 0.550. The molecule has 1 saturated carbocycles. The smallest absolute Gasteiger partial charge is 0.191 e. The zero-order valence-corrected chi connectivity index (χ0v) is 18.0. The lowest BCUT2D eigenvalue weighted by Gasteiger charge is -2.20. The molecule has 0 radical (unpaired) electrons. The Kier molecular flexibility index (Phi) is 6.52. The van der Waals surface area contributed by atoms with Gasteiger partial charge < -0.3 is 15.2 Å². The minimum atomic E-state index is 0.203. The van der Waals surface area contributed by atoms with Gasteiger partial charge in [-0.25, -0.2) is 4.99 Å². The van der Waals surface area contributed by atoms with E-state index in [0.717, 1.165) is 43.5 Å². The molecule has 1 aliphatic carbocycles. The molecule has 0 spiro atoms. The molecule has 3 rings (SSSR count). The number of nitrogens with zero attached hydrogens (tertiary/aromatic N) is 4. The maximum Gasteiger partial charge on any atom is 0.191 e. The summed E-state index contributed by atoms with van der Waals surface area (Å²) < 4.78 is 3.17. The average molecular weight is 433 g/mol. The van der Waals surface area contributed by atoms with Crippen LogP contribution in [0.1, 0.15) is 49.8 Å². The van der Waals surface area contributed by atoms with Crippen LogP contribution in [0.15, 0.2) is 33.7 Å². The van der Waals surface area contributed by atoms with E-state index in [1.54, 1.807) is 0 Å². The second-order valence-electron chi connectivity index (χ2n) is 7.28. The molecule has 2 N–H and O–H groups in total. The molecule has 1 heterocycles. The maximum absolute atomic E-state index is 4.75. The highest BCUT2D eigenvalue weighted by Gasteiger charge is 2.45. The number of aromatic nitrogens is 3. The zero-order valence-electron chi connectivity index (χ0n) is 16.4. The summed E-state index contributed by atoms with van der Waals surface area (Å²) in [5, 5.41) is 15.3. The van der Waals surface area contributed by atoms with E-state index < -0.39 is 0 Å². The SMILES string of the molecule is CCCCNC(=NCc1nnc(C)n1C)NCC1(c2ccccc2Br)CC1. The molecule has 7 heteroatoms. The van der Waals surface area contributed by atoms with Gasteiger partial charge in [0.2, 0.25) is 0 Å². The van der Waals surface area contributed by atoms with E-state index in [1.165, 1.54) is 22.9 Å². The average Bonchev–Trinajstić information content (AvgIpc) is 3.39. The van der Waals surface area contributed by atoms with Crippen molar-refractivity contribution in [3.05, 3.63) is 46.0 Å². The number of guanidine groups is 1. The third kappa shape index (κ3) is 4.89. The lowest BCUT2D eigenvalue weighted by Crippen LogP contribution is -2.41. The third-order valence-corrected chi connectivity index (χ3v) is 5.97. The first kappa shape index (κ1) is 19.9. The normalized spacial score (nSPS) is 15.6. The van der Waals surface area contributed by atoms with Crippen LogP contribution in [0.2, 0.25) is 0 Å². The van der Waals surface area contributed by atoms with Gasteiger partial charge in [0.25, 0.3) is 0 Å². The Bertz CT molecular complexity index is 794. The quantitative estimate of drug-likeness (QED) is 0.380. The number of hydrogen-bond acceptors (Lipinski definition) is 3. The van der Waals surface area contributed by atoms with Crippen molar-refractivity contribution in [2.45, 2.75) is 51.5 Å². The molecule has 1 aliphatic rings. The Hall–Kier alpha value is -1.89. The van der Waals surface area contributed by atoms with Crippen LogP contribution in [0.4, 0.5) is 0 Å². The lowest BCUT2D eigenvalue weighted by atomic mass is 9.96. The van der Waals surface area contributed by atoms with Gasteiger partial charge >= 0.3 is 0 Å². The molecule has 0 amide bonds. The molecular formula is C20H29BrN6. The summed E-state index contributed by atoms with van der Waals surface area (Å²) in [6.07, 6.45) is 4.68. The minimum absolute atomic E-state index is 0.203. The van der Waals surface area contributed by atoms with Gasteiger partial charge in [0, 0.05) is 30.0 Å². The van der Waals surface area contributed by atoms with Gasteiger partial charge in [-0.3, -0.25) is 0 Å². The molecule has 0 aliphatic heterocycles. The molecular weight excluding hydrogens is 404 g/mol. The van der Waals surface area contributed by atoms with Gasteiger partial charge in [0.15, 0.2) is 11.8 Å². The Labute approximate surface area is 170 Å². The predicted octanol–water partition coefficient (Wildman–Crippen LogP) is 3.45. The van der Waals surface area contributed by atoms with Crippen molar-refractivity contribution in [1.29, 1.82) is 0 Å². The van der Waals surface area contributed by atoms with E-state index in [0.29, 0.717) is 6.54 Å². The number of aliphatic imine (C=N–C) groups is 1. The summed E-state index contributed by atoms with van der Waals surface area (Å²) in [6.45, 7) is 6.46. The number of aryl methyl sites for hydroxylation is 1. The highest BCUT2D eigenvalue weighted by Crippen LogP contribution is 2.49. The van der Waals surface area contributed by atoms with Gasteiger partial charge in [-0.1, -0.05) is 47.5 Å². The van der Waals surface area contributed by atoms with Crippen molar-refractivity contribution in [2.75, 3.05) is 13.1 Å². The fourth-order valence-electron chi connectivity index (χ4n) is 3.13. The van der Waals surface area contributed by atoms with E-state index in [2.05, 4.69) is 68.0 Å². The molecule has 1 aromatic heterocycles. The molecule has 6 nitrogen and oxygen atoms in total. The molecule has 1 aromatic carbocycles. The first-order chi connectivity index (χ1) is 13.1. The topological polar surface area (TPSA) is 67.1 Å². The molecule has 0 unspecified atom stereocenters. The molecule has 27 heavy (non-hydrogen) atoms. The van der Waals surface area contributed by atoms with E-state index >= 15 is 0 Å². The first-order valence-corrected chi connectivity index (χ1v) is 10.5. The van der Waals surface area contributed by atoms with Gasteiger partial charge in [0.05, 0.1) is 0 Å². The first-order valence-electron chi connectivity index (χ1n) is 9.68. The van der Waals surface area contributed by atoms with Crippen LogP contribution in [0.25, 0.3) is 0 Å². The van der Waals surface area contributed by atoms with Gasteiger partial charge in [-0.2, -0.15) is 0 Å². The van der Waals surface area contributed by atoms with Crippen molar-refractivity contribution in [2.24, 2.45) is 12.0 Å². The van der Waals surface area contributed by atoms with Crippen molar-refractivity contribution >= 4 is 21.9 Å². The lowest BCUT2D eigenvalue weighted by molar-refractivity contribution is 0.635. The van der Waals surface area contributed by atoms with Gasteiger partial charge in [-0.05, 0) is 37.8 Å². The Morgan fingerprint density at radius 2 is 2.04 bits per heavy atom. The molecule has 146 valence electrons. The summed E-state index contributed by atoms with van der Waals surface area (Å²) in [5.41, 5.74) is 1.59. The molecule has 0 saturated heterocycles. The van der Waals surface area contributed by atoms with Crippen LogP contribution in [-0.4, -0.2) is 33.8 Å². The van der Waals surface area contributed by atoms with Crippen LogP contribution in [0.3, 0.4) is 0 Å². The fourth-order valence-corrected chi connectivity index (χ4v) is 3.84. The van der Waals surface area contributed by atoms with E-state index in [4.69, 9.17) is 4.99 Å². The summed E-state index contributed by atoms with van der Waals surface area (Å²) in [5.74, 6) is 2.62. The van der Waals surface area contributed by atoms with Crippen LogP contribution in [0, 0.1) is 6.92 Å². The minimum Gasteiger partial charge on any atom is -0.356 e. The van der Waals surface area contributed by atoms with Crippen LogP contribution >= 0.6 is 15.9 Å². The maximum atomic E-state index is 4.75. The molecule has 0 bridgehead atoms. The Morgan fingerprint density at radius 1 is 1.26 bits per heavy atom. The van der Waals surface area contributed by atoms with Crippen LogP contribution < -0.4 is 10.6 Å². The summed E-state index contributed by atoms with van der Waals surface area (Å²) in [4.78, 5) is 4.75. The largest absolute Gasteiger partial charge is 0.356 e. The van der Waals surface area contributed by atoms with E-state index in [-0.39, 0.29) is 5.41 Å². The van der Waals surface area contributed by atoms with Gasteiger partial charge in [0.1, 0.15) is 12.4 Å². The van der Waals surface area contributed by atoms with E-state index in [1.807, 2.05) is 18.5 Å². The predicted molar refractivity (Wildman–Crippen MR) is 113 cm³/mol. The summed E-state index contributed by atoms with van der Waals surface area (Å²) >= 11 is 3.71. The van der Waals surface area contributed by atoms with Crippen LogP contribution in [0.5, 0.6) is 0 Å². The number of rotatable bonds is 8. The highest BCUT2D eigenvalue weighted by atomic mass is 79.9. The van der Waals surface area contributed by atoms with Crippen LogP contribution in [-0.2, 0) is 19.0 Å². The van der Waals surface area contributed by atoms with Crippen molar-refractivity contribution in [3.63, 3.8) is 0 Å².